The van der Waals surface area contributed by atoms with E-state index in [4.69, 9.17) is 4.42 Å². The van der Waals surface area contributed by atoms with E-state index >= 15 is 0 Å². The highest BCUT2D eigenvalue weighted by Crippen LogP contribution is 2.25. The maximum absolute atomic E-state index is 13.0. The summed E-state index contributed by atoms with van der Waals surface area (Å²) in [4.78, 5) is 25.1. The number of benzene rings is 3. The molecule has 5 heteroatoms. The third kappa shape index (κ3) is 2.97. The summed E-state index contributed by atoms with van der Waals surface area (Å²) in [6.07, 6.45) is 0. The van der Waals surface area contributed by atoms with Gasteiger partial charge in [-0.2, -0.15) is 0 Å². The second kappa shape index (κ2) is 6.36. The van der Waals surface area contributed by atoms with Gasteiger partial charge < -0.3 is 9.73 Å². The molecule has 1 aromatic heterocycles. The van der Waals surface area contributed by atoms with Crippen molar-refractivity contribution in [3.63, 3.8) is 0 Å². The quantitative estimate of drug-likeness (QED) is 0.514. The van der Waals surface area contributed by atoms with Crippen molar-refractivity contribution in [2.24, 2.45) is 0 Å². The molecule has 0 spiro atoms. The number of nitrogens with one attached hydrogen (secondary N) is 1. The molecule has 1 heterocycles. The molecular formula is C22H16FNO3. The number of rotatable bonds is 2. The fraction of sp³-hybridized carbons (Fsp3) is 0.0909. The number of anilines is 1. The van der Waals surface area contributed by atoms with Gasteiger partial charge in [0, 0.05) is 17.3 Å². The molecule has 0 saturated carbocycles. The minimum atomic E-state index is -0.406. The molecule has 0 aliphatic rings. The summed E-state index contributed by atoms with van der Waals surface area (Å²) >= 11 is 0. The number of aryl methyl sites for hydroxylation is 2. The van der Waals surface area contributed by atoms with Crippen molar-refractivity contribution in [1.29, 1.82) is 0 Å². The largest absolute Gasteiger partial charge is 0.455 e. The van der Waals surface area contributed by atoms with Gasteiger partial charge in [0.15, 0.2) is 0 Å². The fourth-order valence-electron chi connectivity index (χ4n) is 3.03. The van der Waals surface area contributed by atoms with Crippen LogP contribution in [0.5, 0.6) is 0 Å². The Morgan fingerprint density at radius 2 is 1.67 bits per heavy atom. The van der Waals surface area contributed by atoms with Crippen molar-refractivity contribution in [2.75, 3.05) is 5.32 Å². The Hall–Kier alpha value is -3.47. The highest BCUT2D eigenvalue weighted by molar-refractivity contribution is 6.05. The topological polar surface area (TPSA) is 59.3 Å². The van der Waals surface area contributed by atoms with E-state index in [9.17, 15) is 14.0 Å². The lowest BCUT2D eigenvalue weighted by Gasteiger charge is -2.09. The van der Waals surface area contributed by atoms with E-state index in [1.807, 2.05) is 19.9 Å². The molecule has 0 saturated heterocycles. The lowest BCUT2D eigenvalue weighted by Crippen LogP contribution is -2.12. The molecule has 4 rings (SSSR count). The third-order valence-corrected chi connectivity index (χ3v) is 4.72. The Morgan fingerprint density at radius 1 is 0.963 bits per heavy atom. The van der Waals surface area contributed by atoms with Gasteiger partial charge in [0.05, 0.1) is 10.8 Å². The zero-order valence-electron chi connectivity index (χ0n) is 14.8. The third-order valence-electron chi connectivity index (χ3n) is 4.72. The summed E-state index contributed by atoms with van der Waals surface area (Å²) in [5, 5.41) is 3.73. The standard InChI is InChI=1S/C22H16FNO3/c1-12-3-9-18-20(25)17-10-8-16(11-19(17)27-21(18)13(12)2)24-22(26)14-4-6-15(23)7-5-14/h3-11H,1-2H3,(H,24,26). The second-order valence-corrected chi connectivity index (χ2v) is 6.49. The molecule has 27 heavy (non-hydrogen) atoms. The fourth-order valence-corrected chi connectivity index (χ4v) is 3.03. The first-order valence-corrected chi connectivity index (χ1v) is 8.48. The molecule has 0 bridgehead atoms. The number of carbonyl (C=O) groups is 1. The Kier molecular flexibility index (Phi) is 4.00. The predicted octanol–water partition coefficient (Wildman–Crippen LogP) is 4.95. The molecule has 1 N–H and O–H groups in total. The normalized spacial score (nSPS) is 11.1. The smallest absolute Gasteiger partial charge is 0.255 e. The molecule has 4 aromatic rings. The molecule has 134 valence electrons. The van der Waals surface area contributed by atoms with Crippen LogP contribution in [0.2, 0.25) is 0 Å². The molecule has 4 nitrogen and oxygen atoms in total. The van der Waals surface area contributed by atoms with E-state index in [2.05, 4.69) is 5.32 Å². The first kappa shape index (κ1) is 17.0. The van der Waals surface area contributed by atoms with E-state index in [0.717, 1.165) is 11.1 Å². The van der Waals surface area contributed by atoms with Crippen LogP contribution in [0.15, 0.2) is 63.8 Å². The zero-order chi connectivity index (χ0) is 19.1. The number of hydrogen-bond donors (Lipinski definition) is 1. The van der Waals surface area contributed by atoms with Crippen LogP contribution in [0, 0.1) is 19.7 Å². The lowest BCUT2D eigenvalue weighted by atomic mass is 10.0. The van der Waals surface area contributed by atoms with E-state index < -0.39 is 5.82 Å². The molecular weight excluding hydrogens is 345 g/mol. The van der Waals surface area contributed by atoms with Gasteiger partial charge in [0.25, 0.3) is 5.91 Å². The summed E-state index contributed by atoms with van der Waals surface area (Å²) in [7, 11) is 0. The minimum absolute atomic E-state index is 0.106. The van der Waals surface area contributed by atoms with Crippen LogP contribution in [0.1, 0.15) is 21.5 Å². The molecule has 0 fully saturated rings. The van der Waals surface area contributed by atoms with Crippen molar-refractivity contribution in [3.05, 3.63) is 87.3 Å². The van der Waals surface area contributed by atoms with E-state index in [-0.39, 0.29) is 11.3 Å². The van der Waals surface area contributed by atoms with Gasteiger partial charge in [-0.15, -0.1) is 0 Å². The van der Waals surface area contributed by atoms with Crippen LogP contribution < -0.4 is 10.7 Å². The first-order chi connectivity index (χ1) is 12.9. The van der Waals surface area contributed by atoms with Gasteiger partial charge in [-0.25, -0.2) is 4.39 Å². The van der Waals surface area contributed by atoms with Crippen LogP contribution >= 0.6 is 0 Å². The summed E-state index contributed by atoms with van der Waals surface area (Å²) in [6, 6.07) is 13.8. The zero-order valence-corrected chi connectivity index (χ0v) is 14.8. The van der Waals surface area contributed by atoms with Gasteiger partial charge in [-0.1, -0.05) is 6.07 Å². The Labute approximate surface area is 154 Å². The summed E-state index contributed by atoms with van der Waals surface area (Å²) < 4.78 is 19.0. The van der Waals surface area contributed by atoms with Gasteiger partial charge in [-0.05, 0) is 67.4 Å². The Morgan fingerprint density at radius 3 is 2.41 bits per heavy atom. The van der Waals surface area contributed by atoms with Crippen LogP contribution in [0.3, 0.4) is 0 Å². The number of halogens is 1. The van der Waals surface area contributed by atoms with E-state index in [1.54, 1.807) is 24.3 Å². The highest BCUT2D eigenvalue weighted by Gasteiger charge is 2.12. The maximum Gasteiger partial charge on any atom is 0.255 e. The van der Waals surface area contributed by atoms with Gasteiger partial charge in [0.1, 0.15) is 17.0 Å². The van der Waals surface area contributed by atoms with Gasteiger partial charge in [-0.3, -0.25) is 9.59 Å². The van der Waals surface area contributed by atoms with E-state index in [1.165, 1.54) is 24.3 Å². The van der Waals surface area contributed by atoms with Gasteiger partial charge >= 0.3 is 0 Å². The number of fused-ring (bicyclic) bond motifs is 2. The van der Waals surface area contributed by atoms with Crippen molar-refractivity contribution < 1.29 is 13.6 Å². The molecule has 0 aliphatic carbocycles. The Bertz CT molecular complexity index is 1260. The molecule has 0 unspecified atom stereocenters. The van der Waals surface area contributed by atoms with Crippen molar-refractivity contribution in [2.45, 2.75) is 13.8 Å². The summed E-state index contributed by atoms with van der Waals surface area (Å²) in [5.74, 6) is -0.777. The monoisotopic (exact) mass is 361 g/mol. The molecule has 0 aliphatic heterocycles. The lowest BCUT2D eigenvalue weighted by molar-refractivity contribution is 0.102. The van der Waals surface area contributed by atoms with Crippen LogP contribution in [0.4, 0.5) is 10.1 Å². The average molecular weight is 361 g/mol. The molecule has 1 amide bonds. The number of carbonyl (C=O) groups excluding carboxylic acids is 1. The summed E-state index contributed by atoms with van der Waals surface area (Å²) in [5.41, 5.74) is 3.61. The average Bonchev–Trinajstić information content (AvgIpc) is 2.65. The van der Waals surface area contributed by atoms with Crippen LogP contribution in [-0.2, 0) is 0 Å². The summed E-state index contributed by atoms with van der Waals surface area (Å²) in [6.45, 7) is 3.87. The SMILES string of the molecule is Cc1ccc2c(=O)c3ccc(NC(=O)c4ccc(F)cc4)cc3oc2c1C. The van der Waals surface area contributed by atoms with E-state index in [0.29, 0.717) is 33.2 Å². The second-order valence-electron chi connectivity index (χ2n) is 6.49. The van der Waals surface area contributed by atoms with Crippen LogP contribution in [-0.4, -0.2) is 5.91 Å². The maximum atomic E-state index is 13.0. The number of amides is 1. The predicted molar refractivity (Wildman–Crippen MR) is 104 cm³/mol. The minimum Gasteiger partial charge on any atom is -0.455 e. The molecule has 0 radical (unpaired) electrons. The first-order valence-electron chi connectivity index (χ1n) is 8.48. The number of hydrogen-bond acceptors (Lipinski definition) is 3. The Balaban J connectivity index is 1.78. The van der Waals surface area contributed by atoms with Crippen LogP contribution in [0.25, 0.3) is 21.9 Å². The molecule has 3 aromatic carbocycles. The van der Waals surface area contributed by atoms with Gasteiger partial charge in [0.2, 0.25) is 5.43 Å². The van der Waals surface area contributed by atoms with Crippen molar-refractivity contribution in [3.8, 4) is 0 Å². The van der Waals surface area contributed by atoms with Crippen molar-refractivity contribution >= 4 is 33.5 Å². The highest BCUT2D eigenvalue weighted by atomic mass is 19.1. The molecule has 0 atom stereocenters. The van der Waals surface area contributed by atoms with Crippen molar-refractivity contribution in [1.82, 2.24) is 0 Å².